The number of ether oxygens (including phenoxy) is 4. The van der Waals surface area contributed by atoms with Crippen molar-refractivity contribution >= 4 is 11.9 Å². The lowest BCUT2D eigenvalue weighted by molar-refractivity contribution is -0.149. The highest BCUT2D eigenvalue weighted by Crippen LogP contribution is 2.31. The van der Waals surface area contributed by atoms with Crippen LogP contribution in [0.15, 0.2) is 41.8 Å². The molecule has 2 aromatic heterocycles. The van der Waals surface area contributed by atoms with Gasteiger partial charge in [-0.15, -0.1) is 0 Å². The van der Waals surface area contributed by atoms with E-state index in [-0.39, 0.29) is 38.9 Å². The lowest BCUT2D eigenvalue weighted by Gasteiger charge is -2.17. The van der Waals surface area contributed by atoms with Gasteiger partial charge < -0.3 is 18.9 Å². The number of rotatable bonds is 19. The quantitative estimate of drug-likeness (QED) is 0.0696. The van der Waals surface area contributed by atoms with Gasteiger partial charge in [-0.2, -0.15) is 0 Å². The molecule has 0 aromatic carbocycles. The Labute approximate surface area is 296 Å². The first kappa shape index (κ1) is 39.6. The molecular formula is C32H44N10O10. The summed E-state index contributed by atoms with van der Waals surface area (Å²) >= 11 is 0. The molecule has 0 aliphatic carbocycles. The fourth-order valence-corrected chi connectivity index (χ4v) is 6.14. The van der Waals surface area contributed by atoms with Crippen molar-refractivity contribution in [1.29, 1.82) is 0 Å². The van der Waals surface area contributed by atoms with E-state index in [4.69, 9.17) is 30.0 Å². The number of nitrogens with zero attached hydrogens (tertiary/aromatic N) is 8. The van der Waals surface area contributed by atoms with Crippen molar-refractivity contribution in [2.24, 2.45) is 10.2 Å². The normalized spacial score (nSPS) is 22.3. The molecule has 0 saturated carbocycles. The summed E-state index contributed by atoms with van der Waals surface area (Å²) in [7, 11) is 0. The molecular weight excluding hydrogens is 684 g/mol. The Balaban J connectivity index is 1.04. The second-order valence-corrected chi connectivity index (χ2v) is 12.9. The van der Waals surface area contributed by atoms with Crippen molar-refractivity contribution in [2.75, 3.05) is 13.2 Å². The van der Waals surface area contributed by atoms with Gasteiger partial charge in [0.1, 0.15) is 37.9 Å². The van der Waals surface area contributed by atoms with Crippen LogP contribution in [-0.2, 0) is 28.5 Å². The van der Waals surface area contributed by atoms with Crippen LogP contribution in [0.5, 0.6) is 0 Å². The van der Waals surface area contributed by atoms with Gasteiger partial charge in [0, 0.05) is 59.0 Å². The van der Waals surface area contributed by atoms with Gasteiger partial charge in [0.2, 0.25) is 0 Å². The SMILES string of the molecule is Cc1cn([C@H]2CC(N=[N+]=[N-])[C@@H](COC(=O)CCCCCCCCCCC(=O)OC[C@H]3O[C@@H](n4cc(C)c(=O)[nH]c4=O)CC3N=[N+]=[N-])O2)c(=O)[nH]c1=O. The summed E-state index contributed by atoms with van der Waals surface area (Å²) in [5.74, 6) is -0.801. The van der Waals surface area contributed by atoms with Crippen LogP contribution in [0, 0.1) is 13.8 Å². The van der Waals surface area contributed by atoms with Gasteiger partial charge in [0.25, 0.3) is 11.1 Å². The standard InChI is InChI=1S/C32H44N10O10/c1-19-15-41(31(47)35-29(19)45)25-13-21(37-39-33)23(51-25)17-49-27(43)11-9-7-5-3-4-6-8-10-12-28(44)50-18-24-22(38-40-34)14-26(52-24)42-16-20(2)30(46)36-32(42)48/h15-16,21-26H,3-14,17-18H2,1-2H3,(H,35,45,47)(H,36,46,48)/t21?,22?,23-,24-,25-,26-/m1/s1. The molecule has 2 N–H and O–H groups in total. The fourth-order valence-electron chi connectivity index (χ4n) is 6.14. The van der Waals surface area contributed by atoms with E-state index in [9.17, 15) is 28.8 Å². The average Bonchev–Trinajstić information content (AvgIpc) is 3.70. The van der Waals surface area contributed by atoms with Gasteiger partial charge in [0.15, 0.2) is 0 Å². The second kappa shape index (κ2) is 19.4. The van der Waals surface area contributed by atoms with Crippen LogP contribution in [0.25, 0.3) is 20.9 Å². The summed E-state index contributed by atoms with van der Waals surface area (Å²) in [6.07, 6.45) is 7.38. The Kier molecular flexibility index (Phi) is 14.8. The number of carbonyl (C=O) groups is 2. The van der Waals surface area contributed by atoms with Gasteiger partial charge in [-0.1, -0.05) is 48.8 Å². The van der Waals surface area contributed by atoms with Crippen molar-refractivity contribution in [1.82, 2.24) is 19.1 Å². The maximum absolute atomic E-state index is 12.3. The van der Waals surface area contributed by atoms with E-state index < -0.39 is 71.2 Å². The molecule has 4 heterocycles. The number of unbranched alkanes of at least 4 members (excludes halogenated alkanes) is 7. The van der Waals surface area contributed by atoms with Crippen LogP contribution in [-0.4, -0.2) is 68.5 Å². The van der Waals surface area contributed by atoms with E-state index in [1.807, 2.05) is 0 Å². The Hall–Kier alpha value is -5.16. The Morgan fingerprint density at radius 1 is 0.712 bits per heavy atom. The number of azide groups is 2. The molecule has 2 saturated heterocycles. The van der Waals surface area contributed by atoms with Crippen LogP contribution < -0.4 is 22.5 Å². The average molecular weight is 729 g/mol. The topological polar surface area (TPSA) is 278 Å². The summed E-state index contributed by atoms with van der Waals surface area (Å²) in [6.45, 7) is 2.85. The molecule has 52 heavy (non-hydrogen) atoms. The number of nitrogens with one attached hydrogen (secondary N) is 2. The van der Waals surface area contributed by atoms with E-state index in [0.717, 1.165) is 38.5 Å². The van der Waals surface area contributed by atoms with Crippen LogP contribution in [0.1, 0.15) is 101 Å². The van der Waals surface area contributed by atoms with Crippen LogP contribution in [0.4, 0.5) is 0 Å². The number of H-pyrrole nitrogens is 2. The third-order valence-electron chi connectivity index (χ3n) is 9.05. The van der Waals surface area contributed by atoms with Gasteiger partial charge >= 0.3 is 23.3 Å². The van der Waals surface area contributed by atoms with E-state index in [2.05, 4.69) is 30.0 Å². The van der Waals surface area contributed by atoms with Crippen molar-refractivity contribution in [2.45, 2.75) is 128 Å². The number of aromatic amines is 2. The molecule has 2 aliphatic rings. The zero-order chi connectivity index (χ0) is 37.6. The van der Waals surface area contributed by atoms with Crippen LogP contribution in [0.3, 0.4) is 0 Å². The Morgan fingerprint density at radius 3 is 1.44 bits per heavy atom. The van der Waals surface area contributed by atoms with Crippen molar-refractivity contribution < 1.29 is 28.5 Å². The largest absolute Gasteiger partial charge is 0.463 e. The predicted molar refractivity (Wildman–Crippen MR) is 183 cm³/mol. The third kappa shape index (κ3) is 11.2. The van der Waals surface area contributed by atoms with Gasteiger partial charge in [-0.25, -0.2) is 9.59 Å². The zero-order valence-electron chi connectivity index (χ0n) is 29.2. The lowest BCUT2D eigenvalue weighted by atomic mass is 10.1. The number of hydrogen-bond acceptors (Lipinski definition) is 12. The number of aromatic nitrogens is 4. The number of carbonyl (C=O) groups excluding carboxylic acids is 2. The smallest absolute Gasteiger partial charge is 0.330 e. The first-order valence-electron chi connectivity index (χ1n) is 17.4. The summed E-state index contributed by atoms with van der Waals surface area (Å²) in [5.41, 5.74) is 16.2. The number of hydrogen-bond donors (Lipinski definition) is 2. The molecule has 0 spiro atoms. The Morgan fingerprint density at radius 2 is 1.08 bits per heavy atom. The van der Waals surface area contributed by atoms with Gasteiger partial charge in [-0.05, 0) is 37.8 Å². The predicted octanol–water partition coefficient (Wildman–Crippen LogP) is 3.62. The van der Waals surface area contributed by atoms with Gasteiger partial charge in [-0.3, -0.25) is 38.3 Å². The highest BCUT2D eigenvalue weighted by Gasteiger charge is 2.38. The van der Waals surface area contributed by atoms with E-state index >= 15 is 0 Å². The maximum Gasteiger partial charge on any atom is 0.330 e. The summed E-state index contributed by atoms with van der Waals surface area (Å²) in [5, 5.41) is 7.46. The van der Waals surface area contributed by atoms with Crippen molar-refractivity contribution in [3.63, 3.8) is 0 Å². The highest BCUT2D eigenvalue weighted by atomic mass is 16.6. The highest BCUT2D eigenvalue weighted by molar-refractivity contribution is 5.69. The minimum absolute atomic E-state index is 0.130. The third-order valence-corrected chi connectivity index (χ3v) is 9.05. The summed E-state index contributed by atoms with van der Waals surface area (Å²) in [6, 6.07) is -1.31. The van der Waals surface area contributed by atoms with Crippen LogP contribution in [0.2, 0.25) is 0 Å². The fraction of sp³-hybridized carbons (Fsp3) is 0.688. The Bertz CT molecular complexity index is 1760. The van der Waals surface area contributed by atoms with E-state index in [1.165, 1.54) is 21.5 Å². The van der Waals surface area contributed by atoms with E-state index in [0.29, 0.717) is 24.0 Å². The maximum atomic E-state index is 12.3. The molecule has 2 aromatic rings. The van der Waals surface area contributed by atoms with Crippen molar-refractivity contribution in [3.05, 3.63) is 86.1 Å². The molecule has 2 unspecified atom stereocenters. The minimum atomic E-state index is -0.781. The molecule has 20 nitrogen and oxygen atoms in total. The van der Waals surface area contributed by atoms with Crippen LogP contribution >= 0.6 is 0 Å². The molecule has 0 radical (unpaired) electrons. The van der Waals surface area contributed by atoms with Gasteiger partial charge in [0.05, 0.1) is 12.1 Å². The second-order valence-electron chi connectivity index (χ2n) is 12.9. The molecule has 0 bridgehead atoms. The number of esters is 2. The molecule has 2 aliphatic heterocycles. The first-order valence-corrected chi connectivity index (χ1v) is 17.4. The molecule has 6 atom stereocenters. The summed E-state index contributed by atoms with van der Waals surface area (Å²) < 4.78 is 24.9. The van der Waals surface area contributed by atoms with E-state index in [1.54, 1.807) is 13.8 Å². The molecule has 282 valence electrons. The zero-order valence-corrected chi connectivity index (χ0v) is 29.2. The van der Waals surface area contributed by atoms with Crippen molar-refractivity contribution in [3.8, 4) is 0 Å². The monoisotopic (exact) mass is 728 g/mol. The lowest BCUT2D eigenvalue weighted by Crippen LogP contribution is -2.33. The molecule has 20 heteroatoms. The first-order chi connectivity index (χ1) is 25.0. The summed E-state index contributed by atoms with van der Waals surface area (Å²) in [4.78, 5) is 82.6. The molecule has 4 rings (SSSR count). The molecule has 0 amide bonds. The minimum Gasteiger partial charge on any atom is -0.463 e. The molecule has 2 fully saturated rings. The number of aryl methyl sites for hydroxylation is 2.